The van der Waals surface area contributed by atoms with Gasteiger partial charge in [0.05, 0.1) is 13.1 Å². The van der Waals surface area contributed by atoms with Crippen LogP contribution < -0.4 is 10.6 Å². The van der Waals surface area contributed by atoms with E-state index in [1.807, 2.05) is 30.0 Å². The third-order valence-corrected chi connectivity index (χ3v) is 5.42. The van der Waals surface area contributed by atoms with Gasteiger partial charge >= 0.3 is 0 Å². The lowest BCUT2D eigenvalue weighted by Gasteiger charge is -2.34. The number of benzene rings is 2. The van der Waals surface area contributed by atoms with Gasteiger partial charge in [-0.1, -0.05) is 36.4 Å². The second kappa shape index (κ2) is 11.6. The normalized spacial score (nSPS) is 15.9. The molecule has 0 aromatic heterocycles. The Balaban J connectivity index is 1.32. The SMILES string of the molecule is C[C@@H](CCc1ccccc1)NC(=O)CN1CCN(CC(=O)Nc2cccc(F)c2)CC1. The van der Waals surface area contributed by atoms with E-state index >= 15 is 0 Å². The summed E-state index contributed by atoms with van der Waals surface area (Å²) in [5.41, 5.74) is 1.74. The Labute approximate surface area is 183 Å². The number of hydrogen-bond donors (Lipinski definition) is 2. The summed E-state index contributed by atoms with van der Waals surface area (Å²) < 4.78 is 13.2. The van der Waals surface area contributed by atoms with Crippen molar-refractivity contribution in [3.63, 3.8) is 0 Å². The first-order valence-electron chi connectivity index (χ1n) is 10.8. The molecule has 2 aromatic carbocycles. The Kier molecular flexibility index (Phi) is 8.55. The van der Waals surface area contributed by atoms with Crippen LogP contribution in [-0.2, 0) is 16.0 Å². The number of nitrogens with one attached hydrogen (secondary N) is 2. The number of carbonyl (C=O) groups is 2. The van der Waals surface area contributed by atoms with Crippen LogP contribution in [0.15, 0.2) is 54.6 Å². The van der Waals surface area contributed by atoms with Crippen molar-refractivity contribution in [3.05, 3.63) is 66.0 Å². The zero-order chi connectivity index (χ0) is 22.1. The minimum atomic E-state index is -0.376. The largest absolute Gasteiger partial charge is 0.353 e. The van der Waals surface area contributed by atoms with Gasteiger partial charge in [0.15, 0.2) is 0 Å². The highest BCUT2D eigenvalue weighted by Crippen LogP contribution is 2.10. The van der Waals surface area contributed by atoms with Crippen molar-refractivity contribution in [1.82, 2.24) is 15.1 Å². The first kappa shape index (κ1) is 22.9. The Morgan fingerprint density at radius 1 is 0.935 bits per heavy atom. The molecule has 0 aliphatic carbocycles. The van der Waals surface area contributed by atoms with Crippen LogP contribution in [0, 0.1) is 5.82 Å². The average molecular weight is 427 g/mol. The van der Waals surface area contributed by atoms with Crippen LogP contribution in [0.2, 0.25) is 0 Å². The van der Waals surface area contributed by atoms with Crippen LogP contribution in [0.4, 0.5) is 10.1 Å². The Morgan fingerprint density at radius 3 is 2.23 bits per heavy atom. The van der Waals surface area contributed by atoms with Gasteiger partial charge < -0.3 is 10.6 Å². The van der Waals surface area contributed by atoms with Crippen LogP contribution in [0.3, 0.4) is 0 Å². The molecular formula is C24H31FN4O2. The molecule has 0 bridgehead atoms. The average Bonchev–Trinajstić information content (AvgIpc) is 2.74. The molecule has 6 nitrogen and oxygen atoms in total. The van der Waals surface area contributed by atoms with E-state index in [-0.39, 0.29) is 30.2 Å². The van der Waals surface area contributed by atoms with Crippen LogP contribution >= 0.6 is 0 Å². The number of anilines is 1. The zero-order valence-electron chi connectivity index (χ0n) is 18.0. The quantitative estimate of drug-likeness (QED) is 0.647. The van der Waals surface area contributed by atoms with Crippen molar-refractivity contribution in [2.45, 2.75) is 25.8 Å². The third kappa shape index (κ3) is 8.11. The molecule has 1 heterocycles. The summed E-state index contributed by atoms with van der Waals surface area (Å²) in [6.45, 7) is 5.57. The van der Waals surface area contributed by atoms with E-state index in [0.29, 0.717) is 25.3 Å². The number of rotatable bonds is 9. The van der Waals surface area contributed by atoms with Crippen molar-refractivity contribution in [2.24, 2.45) is 0 Å². The molecule has 1 aliphatic heterocycles. The number of nitrogens with zero attached hydrogens (tertiary/aromatic N) is 2. The Bertz CT molecular complexity index is 854. The number of piperazine rings is 1. The van der Waals surface area contributed by atoms with Gasteiger partial charge in [0.25, 0.3) is 0 Å². The summed E-state index contributed by atoms with van der Waals surface area (Å²) in [5.74, 6) is -0.499. The van der Waals surface area contributed by atoms with Crippen LogP contribution in [0.25, 0.3) is 0 Å². The van der Waals surface area contributed by atoms with Crippen molar-refractivity contribution >= 4 is 17.5 Å². The fraction of sp³-hybridized carbons (Fsp3) is 0.417. The molecule has 0 unspecified atom stereocenters. The van der Waals surface area contributed by atoms with E-state index in [1.54, 1.807) is 12.1 Å². The lowest BCUT2D eigenvalue weighted by Crippen LogP contribution is -2.51. The van der Waals surface area contributed by atoms with Gasteiger partial charge in [-0.2, -0.15) is 0 Å². The van der Waals surface area contributed by atoms with Crippen molar-refractivity contribution in [2.75, 3.05) is 44.6 Å². The fourth-order valence-corrected chi connectivity index (χ4v) is 3.70. The summed E-state index contributed by atoms with van der Waals surface area (Å²) in [5, 5.41) is 5.80. The first-order chi connectivity index (χ1) is 15.0. The van der Waals surface area contributed by atoms with E-state index in [9.17, 15) is 14.0 Å². The van der Waals surface area contributed by atoms with E-state index in [2.05, 4.69) is 27.7 Å². The summed E-state index contributed by atoms with van der Waals surface area (Å²) in [7, 11) is 0. The number of hydrogen-bond acceptors (Lipinski definition) is 4. The van der Waals surface area contributed by atoms with Gasteiger partial charge in [0.2, 0.25) is 11.8 Å². The zero-order valence-corrected chi connectivity index (χ0v) is 18.0. The maximum atomic E-state index is 13.2. The summed E-state index contributed by atoms with van der Waals surface area (Å²) in [6, 6.07) is 16.3. The predicted octanol–water partition coefficient (Wildman–Crippen LogP) is 2.52. The minimum Gasteiger partial charge on any atom is -0.353 e. The second-order valence-electron chi connectivity index (χ2n) is 8.10. The molecule has 3 rings (SSSR count). The number of halogens is 1. The Morgan fingerprint density at radius 2 is 1.58 bits per heavy atom. The highest BCUT2D eigenvalue weighted by molar-refractivity contribution is 5.92. The van der Waals surface area contributed by atoms with Crippen LogP contribution in [0.5, 0.6) is 0 Å². The second-order valence-corrected chi connectivity index (χ2v) is 8.10. The van der Waals surface area contributed by atoms with Gasteiger partial charge in [0, 0.05) is 37.9 Å². The van der Waals surface area contributed by atoms with Gasteiger partial charge in [-0.15, -0.1) is 0 Å². The molecule has 1 atom stereocenters. The van der Waals surface area contributed by atoms with Crippen LogP contribution in [0.1, 0.15) is 18.9 Å². The van der Waals surface area contributed by atoms with Gasteiger partial charge in [-0.05, 0) is 43.5 Å². The topological polar surface area (TPSA) is 64.7 Å². The Hall–Kier alpha value is -2.77. The van der Waals surface area contributed by atoms with Gasteiger partial charge in [-0.3, -0.25) is 19.4 Å². The molecule has 166 valence electrons. The maximum Gasteiger partial charge on any atom is 0.238 e. The molecule has 0 radical (unpaired) electrons. The molecule has 1 saturated heterocycles. The number of carbonyl (C=O) groups excluding carboxylic acids is 2. The van der Waals surface area contributed by atoms with Gasteiger partial charge in [-0.25, -0.2) is 4.39 Å². The monoisotopic (exact) mass is 426 g/mol. The lowest BCUT2D eigenvalue weighted by molar-refractivity contribution is -0.124. The van der Waals surface area contributed by atoms with E-state index in [4.69, 9.17) is 0 Å². The molecule has 31 heavy (non-hydrogen) atoms. The van der Waals surface area contributed by atoms with Crippen molar-refractivity contribution in [3.8, 4) is 0 Å². The lowest BCUT2D eigenvalue weighted by atomic mass is 10.1. The highest BCUT2D eigenvalue weighted by atomic mass is 19.1. The molecule has 0 saturated carbocycles. The summed E-state index contributed by atoms with van der Waals surface area (Å²) in [4.78, 5) is 28.7. The molecule has 2 amide bonds. The predicted molar refractivity (Wildman–Crippen MR) is 120 cm³/mol. The van der Waals surface area contributed by atoms with Gasteiger partial charge in [0.1, 0.15) is 5.82 Å². The molecule has 7 heteroatoms. The van der Waals surface area contributed by atoms with E-state index in [1.165, 1.54) is 17.7 Å². The van der Waals surface area contributed by atoms with Crippen molar-refractivity contribution < 1.29 is 14.0 Å². The smallest absolute Gasteiger partial charge is 0.238 e. The van der Waals surface area contributed by atoms with E-state index < -0.39 is 0 Å². The first-order valence-corrected chi connectivity index (χ1v) is 10.8. The standard InChI is InChI=1S/C24H31FN4O2/c1-19(10-11-20-6-3-2-4-7-20)26-23(30)17-28-12-14-29(15-13-28)18-24(31)27-22-9-5-8-21(25)16-22/h2-9,16,19H,10-15,17-18H2,1H3,(H,26,30)(H,27,31)/t19-/m0/s1. The maximum absolute atomic E-state index is 13.2. The van der Waals surface area contributed by atoms with Crippen molar-refractivity contribution in [1.29, 1.82) is 0 Å². The summed E-state index contributed by atoms with van der Waals surface area (Å²) >= 11 is 0. The molecule has 2 N–H and O–H groups in total. The number of amides is 2. The summed E-state index contributed by atoms with van der Waals surface area (Å²) in [6.07, 6.45) is 1.85. The molecule has 1 fully saturated rings. The third-order valence-electron chi connectivity index (χ3n) is 5.42. The molecule has 1 aliphatic rings. The molecule has 2 aromatic rings. The molecule has 0 spiro atoms. The number of aryl methyl sites for hydroxylation is 1. The highest BCUT2D eigenvalue weighted by Gasteiger charge is 2.21. The molecular weight excluding hydrogens is 395 g/mol. The minimum absolute atomic E-state index is 0.0397. The van der Waals surface area contributed by atoms with E-state index in [0.717, 1.165) is 25.9 Å². The van der Waals surface area contributed by atoms with Crippen LogP contribution in [-0.4, -0.2) is 66.9 Å². The fourth-order valence-electron chi connectivity index (χ4n) is 3.70.